The Morgan fingerprint density at radius 3 is 1.30 bits per heavy atom. The van der Waals surface area contributed by atoms with E-state index in [1.807, 2.05) is 194 Å². The summed E-state index contributed by atoms with van der Waals surface area (Å²) in [5, 5.41) is 0. The van der Waals surface area contributed by atoms with Crippen LogP contribution in [0.5, 0.6) is 11.5 Å². The van der Waals surface area contributed by atoms with Crippen LogP contribution in [0.15, 0.2) is 194 Å². The van der Waals surface area contributed by atoms with E-state index < -0.39 is 30.5 Å². The first-order chi connectivity index (χ1) is 31.6. The van der Waals surface area contributed by atoms with Crippen LogP contribution >= 0.6 is 0 Å². The third-order valence-corrected chi connectivity index (χ3v) is 11.1. The number of rotatable bonds is 21. The van der Waals surface area contributed by atoms with E-state index in [1.54, 1.807) is 6.92 Å². The molecular weight excluding hydrogens is 801 g/mol. The quantitative estimate of drug-likeness (QED) is 0.0661. The summed E-state index contributed by atoms with van der Waals surface area (Å²) in [6.07, 6.45) is -3.43. The van der Waals surface area contributed by atoms with Crippen molar-refractivity contribution in [1.82, 2.24) is 0 Å². The van der Waals surface area contributed by atoms with Gasteiger partial charge >= 0.3 is 0 Å². The summed E-state index contributed by atoms with van der Waals surface area (Å²) >= 11 is 0. The van der Waals surface area contributed by atoms with Gasteiger partial charge in [0, 0.05) is 0 Å². The zero-order valence-electron chi connectivity index (χ0n) is 36.1. The van der Waals surface area contributed by atoms with Crippen molar-refractivity contribution in [1.29, 1.82) is 0 Å². The van der Waals surface area contributed by atoms with Crippen LogP contribution in [-0.2, 0) is 63.3 Å². The second-order valence-corrected chi connectivity index (χ2v) is 15.9. The van der Waals surface area contributed by atoms with Gasteiger partial charge in [-0.2, -0.15) is 0 Å². The highest BCUT2D eigenvalue weighted by Crippen LogP contribution is 2.43. The molecule has 326 valence electrons. The Bertz CT molecular complexity index is 2450. The summed E-state index contributed by atoms with van der Waals surface area (Å²) in [7, 11) is 0. The molecule has 7 aromatic rings. The molecule has 1 heterocycles. The van der Waals surface area contributed by atoms with E-state index in [0.717, 1.165) is 33.4 Å². The molecule has 1 aliphatic rings. The van der Waals surface area contributed by atoms with Crippen molar-refractivity contribution < 1.29 is 38.0 Å². The van der Waals surface area contributed by atoms with Crippen molar-refractivity contribution in [2.75, 3.05) is 6.61 Å². The number of hydrogen-bond donors (Lipinski definition) is 0. The standard InChI is InChI=1S/C56H54O8/c1-41(57)49-32-48(33-50(59-35-43-22-10-3-11-23-43)53(49)60-36-44-24-12-4-13-25-44)52-55(62-38-46-28-16-6-17-29-46)56(63-39-47-30-18-7-19-31-47)54(61-37-45-26-14-5-15-27-45)51(64-52)40-58-34-42-20-8-2-9-21-42/h2-33,51-52,54-56H,34-40H2,1H3/t51-,52+,54+,55?,56?/m1/s1. The molecule has 8 heteroatoms. The summed E-state index contributed by atoms with van der Waals surface area (Å²) in [4.78, 5) is 13.8. The molecule has 5 atom stereocenters. The molecule has 0 amide bonds. The van der Waals surface area contributed by atoms with Gasteiger partial charge in [-0.05, 0) is 58.0 Å². The van der Waals surface area contributed by atoms with E-state index in [2.05, 4.69) is 0 Å². The van der Waals surface area contributed by atoms with Crippen molar-refractivity contribution in [2.45, 2.75) is 77.1 Å². The van der Waals surface area contributed by atoms with Gasteiger partial charge in [-0.3, -0.25) is 4.79 Å². The third-order valence-electron chi connectivity index (χ3n) is 11.1. The van der Waals surface area contributed by atoms with Gasteiger partial charge in [-0.25, -0.2) is 0 Å². The first-order valence-electron chi connectivity index (χ1n) is 21.8. The van der Waals surface area contributed by atoms with Gasteiger partial charge in [0.1, 0.15) is 43.7 Å². The lowest BCUT2D eigenvalue weighted by Crippen LogP contribution is -2.58. The summed E-state index contributed by atoms with van der Waals surface area (Å²) in [5.41, 5.74) is 6.99. The van der Waals surface area contributed by atoms with Crippen LogP contribution in [0.2, 0.25) is 0 Å². The summed E-state index contributed by atoms with van der Waals surface area (Å²) < 4.78 is 47.8. The zero-order valence-corrected chi connectivity index (χ0v) is 36.1. The lowest BCUT2D eigenvalue weighted by atomic mass is 9.89. The molecule has 0 radical (unpaired) electrons. The molecule has 8 rings (SSSR count). The zero-order chi connectivity index (χ0) is 43.8. The third kappa shape index (κ3) is 12.2. The largest absolute Gasteiger partial charge is 0.485 e. The predicted octanol–water partition coefficient (Wildman–Crippen LogP) is 11.5. The molecule has 7 aromatic carbocycles. The lowest BCUT2D eigenvalue weighted by molar-refractivity contribution is -0.275. The molecule has 0 N–H and O–H groups in total. The second-order valence-electron chi connectivity index (χ2n) is 15.9. The Morgan fingerprint density at radius 2 is 0.844 bits per heavy atom. The van der Waals surface area contributed by atoms with Crippen LogP contribution in [0.1, 0.15) is 62.3 Å². The van der Waals surface area contributed by atoms with Crippen molar-refractivity contribution in [3.05, 3.63) is 239 Å². The number of benzene rings is 7. The van der Waals surface area contributed by atoms with Crippen LogP contribution < -0.4 is 9.47 Å². The first kappa shape index (κ1) is 44.2. The Labute approximate surface area is 376 Å². The van der Waals surface area contributed by atoms with Crippen molar-refractivity contribution in [3.8, 4) is 11.5 Å². The number of ketones is 1. The maximum Gasteiger partial charge on any atom is 0.172 e. The van der Waals surface area contributed by atoms with Crippen LogP contribution in [-0.4, -0.2) is 36.8 Å². The van der Waals surface area contributed by atoms with E-state index in [1.165, 1.54) is 0 Å². The highest BCUT2D eigenvalue weighted by atomic mass is 16.6. The monoisotopic (exact) mass is 854 g/mol. The predicted molar refractivity (Wildman–Crippen MR) is 247 cm³/mol. The molecule has 0 aliphatic carbocycles. The fourth-order valence-corrected chi connectivity index (χ4v) is 7.83. The highest BCUT2D eigenvalue weighted by molar-refractivity contribution is 5.98. The minimum absolute atomic E-state index is 0.185. The topological polar surface area (TPSA) is 81.7 Å². The maximum absolute atomic E-state index is 13.8. The van der Waals surface area contributed by atoms with Gasteiger partial charge in [0.2, 0.25) is 0 Å². The van der Waals surface area contributed by atoms with Gasteiger partial charge in [-0.1, -0.05) is 182 Å². The molecule has 0 spiro atoms. The second kappa shape index (κ2) is 22.8. The van der Waals surface area contributed by atoms with Crippen LogP contribution in [0.4, 0.5) is 0 Å². The molecule has 1 saturated heterocycles. The fourth-order valence-electron chi connectivity index (χ4n) is 7.83. The average Bonchev–Trinajstić information content (AvgIpc) is 3.35. The smallest absolute Gasteiger partial charge is 0.172 e. The number of hydrogen-bond acceptors (Lipinski definition) is 8. The first-order valence-corrected chi connectivity index (χ1v) is 21.8. The SMILES string of the molecule is CC(=O)c1cc([C@@H]2O[C@H](COCc3ccccc3)[C@H](OCc3ccccc3)C(OCc3ccccc3)C2OCc2ccccc2)cc(OCc2ccccc2)c1OCc1ccccc1. The van der Waals surface area contributed by atoms with Gasteiger partial charge in [-0.15, -0.1) is 0 Å². The van der Waals surface area contributed by atoms with Gasteiger partial charge in [0.15, 0.2) is 17.3 Å². The summed E-state index contributed by atoms with van der Waals surface area (Å²) in [6.45, 7) is 3.47. The molecular formula is C56H54O8. The number of Topliss-reactive ketones (excluding diaryl/α,β-unsaturated/α-hetero) is 1. The Hall–Kier alpha value is -6.39. The van der Waals surface area contributed by atoms with Crippen molar-refractivity contribution in [3.63, 3.8) is 0 Å². The number of ether oxygens (including phenoxy) is 7. The molecule has 1 aliphatic heterocycles. The van der Waals surface area contributed by atoms with Gasteiger partial charge in [0.25, 0.3) is 0 Å². The molecule has 0 aromatic heterocycles. The van der Waals surface area contributed by atoms with Crippen molar-refractivity contribution in [2.24, 2.45) is 0 Å². The number of carbonyl (C=O) groups is 1. The summed E-state index contributed by atoms with van der Waals surface area (Å²) in [5.74, 6) is 0.585. The van der Waals surface area contributed by atoms with Gasteiger partial charge < -0.3 is 33.2 Å². The lowest BCUT2D eigenvalue weighted by Gasteiger charge is -2.46. The molecule has 64 heavy (non-hydrogen) atoms. The minimum atomic E-state index is -0.772. The van der Waals surface area contributed by atoms with Crippen LogP contribution in [0.25, 0.3) is 0 Å². The highest BCUT2D eigenvalue weighted by Gasteiger charge is 2.49. The Kier molecular flexibility index (Phi) is 15.8. The number of carbonyl (C=O) groups excluding carboxylic acids is 1. The molecule has 2 unspecified atom stereocenters. The van der Waals surface area contributed by atoms with E-state index in [-0.39, 0.29) is 32.2 Å². The Balaban J connectivity index is 1.22. The van der Waals surface area contributed by atoms with Crippen LogP contribution in [0.3, 0.4) is 0 Å². The fraction of sp³-hybridized carbons (Fsp3) is 0.232. The molecule has 0 saturated carbocycles. The Morgan fingerprint density at radius 1 is 0.453 bits per heavy atom. The van der Waals surface area contributed by atoms with E-state index in [9.17, 15) is 4.79 Å². The summed E-state index contributed by atoms with van der Waals surface area (Å²) in [6, 6.07) is 63.8. The van der Waals surface area contributed by atoms with E-state index in [0.29, 0.717) is 42.4 Å². The molecule has 8 nitrogen and oxygen atoms in total. The molecule has 0 bridgehead atoms. The van der Waals surface area contributed by atoms with Crippen molar-refractivity contribution >= 4 is 5.78 Å². The van der Waals surface area contributed by atoms with E-state index >= 15 is 0 Å². The maximum atomic E-state index is 13.8. The van der Waals surface area contributed by atoms with Crippen LogP contribution in [0, 0.1) is 0 Å². The molecule has 1 fully saturated rings. The minimum Gasteiger partial charge on any atom is -0.485 e. The average molecular weight is 855 g/mol. The van der Waals surface area contributed by atoms with Gasteiger partial charge in [0.05, 0.1) is 38.6 Å². The van der Waals surface area contributed by atoms with E-state index in [4.69, 9.17) is 33.2 Å². The normalized spacial score (nSPS) is 18.3.